The molecule has 0 saturated carbocycles. The molecular formula is C19H12Cl4O5S. The topological polar surface area (TPSA) is 94.8 Å². The van der Waals surface area contributed by atoms with Crippen LogP contribution in [0.3, 0.4) is 0 Å². The minimum Gasteiger partial charge on any atom is -0.508 e. The van der Waals surface area contributed by atoms with Crippen LogP contribution < -0.4 is 0 Å². The van der Waals surface area contributed by atoms with E-state index in [0.717, 1.165) is 12.1 Å². The van der Waals surface area contributed by atoms with Gasteiger partial charge in [-0.3, -0.25) is 4.55 Å². The summed E-state index contributed by atoms with van der Waals surface area (Å²) < 4.78 is 34.1. The van der Waals surface area contributed by atoms with Crippen LogP contribution in [-0.4, -0.2) is 23.2 Å². The summed E-state index contributed by atoms with van der Waals surface area (Å²) in [5, 5.41) is 19.5. The van der Waals surface area contributed by atoms with Crippen LogP contribution in [0.25, 0.3) is 0 Å². The Balaban J connectivity index is 2.63. The minimum absolute atomic E-state index is 0.0227. The summed E-state index contributed by atoms with van der Waals surface area (Å²) in [6.07, 6.45) is 0. The van der Waals surface area contributed by atoms with E-state index in [-0.39, 0.29) is 48.3 Å². The van der Waals surface area contributed by atoms with Gasteiger partial charge in [-0.15, -0.1) is 0 Å². The Labute approximate surface area is 186 Å². The Morgan fingerprint density at radius 2 is 1.34 bits per heavy atom. The van der Waals surface area contributed by atoms with Gasteiger partial charge in [0.15, 0.2) is 4.75 Å². The maximum Gasteiger partial charge on any atom is 0.283 e. The third kappa shape index (κ3) is 3.77. The van der Waals surface area contributed by atoms with Gasteiger partial charge in [0.25, 0.3) is 10.1 Å². The van der Waals surface area contributed by atoms with Gasteiger partial charge in [-0.2, -0.15) is 8.42 Å². The van der Waals surface area contributed by atoms with E-state index in [4.69, 9.17) is 46.4 Å². The maximum absolute atomic E-state index is 13.0. The van der Waals surface area contributed by atoms with Crippen molar-refractivity contribution in [2.75, 3.05) is 0 Å². The smallest absolute Gasteiger partial charge is 0.283 e. The zero-order valence-electron chi connectivity index (χ0n) is 14.3. The van der Waals surface area contributed by atoms with Crippen LogP contribution >= 0.6 is 46.4 Å². The fourth-order valence-corrected chi connectivity index (χ4v) is 5.50. The molecule has 0 saturated heterocycles. The van der Waals surface area contributed by atoms with Crippen LogP contribution in [0.2, 0.25) is 20.1 Å². The average Bonchev–Trinajstić information content (AvgIpc) is 2.62. The molecule has 0 aliphatic rings. The Kier molecular flexibility index (Phi) is 5.98. The first kappa shape index (κ1) is 22.0. The summed E-state index contributed by atoms with van der Waals surface area (Å²) in [4.78, 5) is 0. The van der Waals surface area contributed by atoms with E-state index in [1.807, 2.05) is 0 Å². The summed E-state index contributed by atoms with van der Waals surface area (Å²) in [5.41, 5.74) is -0.393. The number of aromatic hydroxyl groups is 2. The molecule has 0 bridgehead atoms. The molecule has 3 aromatic carbocycles. The molecule has 0 radical (unpaired) electrons. The lowest BCUT2D eigenvalue weighted by Crippen LogP contribution is -2.39. The molecule has 0 aliphatic carbocycles. The maximum atomic E-state index is 13.0. The summed E-state index contributed by atoms with van der Waals surface area (Å²) in [7, 11) is -5.07. The van der Waals surface area contributed by atoms with Gasteiger partial charge in [0.05, 0.1) is 10.0 Å². The van der Waals surface area contributed by atoms with Gasteiger partial charge in [0.1, 0.15) is 11.5 Å². The highest BCUT2D eigenvalue weighted by Crippen LogP contribution is 2.51. The molecule has 0 fully saturated rings. The van der Waals surface area contributed by atoms with Gasteiger partial charge >= 0.3 is 0 Å². The summed E-state index contributed by atoms with van der Waals surface area (Å²) in [6, 6.07) is 11.2. The van der Waals surface area contributed by atoms with E-state index in [9.17, 15) is 23.2 Å². The van der Waals surface area contributed by atoms with Crippen LogP contribution in [0, 0.1) is 0 Å². The average molecular weight is 494 g/mol. The van der Waals surface area contributed by atoms with Crippen molar-refractivity contribution in [3.05, 3.63) is 91.4 Å². The highest BCUT2D eigenvalue weighted by atomic mass is 35.5. The Morgan fingerprint density at radius 3 is 1.93 bits per heavy atom. The lowest BCUT2D eigenvalue weighted by atomic mass is 9.83. The van der Waals surface area contributed by atoms with Crippen molar-refractivity contribution in [3.63, 3.8) is 0 Å². The van der Waals surface area contributed by atoms with Crippen molar-refractivity contribution < 1.29 is 23.2 Å². The number of phenols is 2. The molecule has 3 aromatic rings. The van der Waals surface area contributed by atoms with Crippen molar-refractivity contribution in [1.82, 2.24) is 0 Å². The second kappa shape index (κ2) is 7.87. The Bertz CT molecular complexity index is 1200. The summed E-state index contributed by atoms with van der Waals surface area (Å²) in [5.74, 6) is -0.533. The molecule has 0 aromatic heterocycles. The molecule has 3 rings (SSSR count). The van der Waals surface area contributed by atoms with Gasteiger partial charge in [-0.1, -0.05) is 58.5 Å². The van der Waals surface area contributed by atoms with Gasteiger partial charge < -0.3 is 10.2 Å². The zero-order chi connectivity index (χ0) is 21.6. The lowest BCUT2D eigenvalue weighted by Gasteiger charge is -2.34. The number of halogens is 4. The van der Waals surface area contributed by atoms with E-state index in [1.165, 1.54) is 42.5 Å². The van der Waals surface area contributed by atoms with E-state index in [0.29, 0.717) is 0 Å². The highest BCUT2D eigenvalue weighted by Gasteiger charge is 2.51. The van der Waals surface area contributed by atoms with Gasteiger partial charge in [-0.05, 0) is 42.0 Å². The van der Waals surface area contributed by atoms with Crippen molar-refractivity contribution in [3.8, 4) is 11.5 Å². The first-order chi connectivity index (χ1) is 13.5. The molecule has 0 heterocycles. The van der Waals surface area contributed by atoms with Crippen LogP contribution in [0.15, 0.2) is 54.6 Å². The first-order valence-electron chi connectivity index (χ1n) is 7.89. The highest BCUT2D eigenvalue weighted by molar-refractivity contribution is 7.87. The van der Waals surface area contributed by atoms with Gasteiger partial charge in [0.2, 0.25) is 0 Å². The molecule has 3 N–H and O–H groups in total. The van der Waals surface area contributed by atoms with Gasteiger partial charge in [0, 0.05) is 27.2 Å². The fraction of sp³-hybridized carbons (Fsp3) is 0.0526. The monoisotopic (exact) mass is 492 g/mol. The van der Waals surface area contributed by atoms with Crippen molar-refractivity contribution in [2.45, 2.75) is 4.75 Å². The number of phenolic OH excluding ortho intramolecular Hbond substituents is 2. The summed E-state index contributed by atoms with van der Waals surface area (Å²) in [6.45, 7) is 0. The predicted octanol–water partition coefficient (Wildman–Crippen LogP) is 5.89. The number of hydrogen-bond acceptors (Lipinski definition) is 4. The second-order valence-corrected chi connectivity index (χ2v) is 9.31. The number of benzene rings is 3. The van der Waals surface area contributed by atoms with Crippen molar-refractivity contribution >= 4 is 56.5 Å². The Hall–Kier alpha value is -1.67. The zero-order valence-corrected chi connectivity index (χ0v) is 18.1. The number of rotatable bonds is 4. The quantitative estimate of drug-likeness (QED) is 0.311. The molecule has 5 nitrogen and oxygen atoms in total. The van der Waals surface area contributed by atoms with E-state index >= 15 is 0 Å². The summed E-state index contributed by atoms with van der Waals surface area (Å²) >= 11 is 24.8. The molecule has 29 heavy (non-hydrogen) atoms. The third-order valence-corrected chi connectivity index (χ3v) is 7.18. The first-order valence-corrected chi connectivity index (χ1v) is 10.8. The molecule has 0 aliphatic heterocycles. The van der Waals surface area contributed by atoms with E-state index in [2.05, 4.69) is 0 Å². The predicted molar refractivity (Wildman–Crippen MR) is 114 cm³/mol. The molecule has 0 spiro atoms. The van der Waals surface area contributed by atoms with Crippen LogP contribution in [-0.2, 0) is 14.9 Å². The molecule has 10 heteroatoms. The largest absolute Gasteiger partial charge is 0.508 e. The van der Waals surface area contributed by atoms with Crippen LogP contribution in [0.5, 0.6) is 11.5 Å². The van der Waals surface area contributed by atoms with Gasteiger partial charge in [-0.25, -0.2) is 0 Å². The SMILES string of the molecule is O=S(=O)(O)C(c1ccc(O)cc1)(c1cc(Cl)ccc1Cl)c1cc(O)cc(Cl)c1Cl. The van der Waals surface area contributed by atoms with Crippen molar-refractivity contribution in [1.29, 1.82) is 0 Å². The van der Waals surface area contributed by atoms with Crippen molar-refractivity contribution in [2.24, 2.45) is 0 Å². The molecule has 152 valence electrons. The van der Waals surface area contributed by atoms with Crippen LogP contribution in [0.4, 0.5) is 0 Å². The molecule has 0 amide bonds. The molecular weight excluding hydrogens is 482 g/mol. The third-order valence-electron chi connectivity index (χ3n) is 4.36. The fourth-order valence-electron chi connectivity index (χ4n) is 3.18. The Morgan fingerprint density at radius 1 is 0.724 bits per heavy atom. The molecule has 1 atom stereocenters. The van der Waals surface area contributed by atoms with E-state index in [1.54, 1.807) is 0 Å². The van der Waals surface area contributed by atoms with Crippen LogP contribution in [0.1, 0.15) is 16.7 Å². The second-order valence-electron chi connectivity index (χ2n) is 6.12. The standard InChI is InChI=1S/C19H12Cl4O5S/c20-11-3-6-16(21)14(7-11)19(29(26,27)28,10-1-4-12(24)5-2-10)15-8-13(25)9-17(22)18(15)23/h1-9,24-25H,(H,26,27,28). The minimum atomic E-state index is -5.07. The lowest BCUT2D eigenvalue weighted by molar-refractivity contribution is 0.455. The molecule has 1 unspecified atom stereocenters. The van der Waals surface area contributed by atoms with E-state index < -0.39 is 14.9 Å². The normalized spacial score (nSPS) is 13.8. The number of hydrogen-bond donors (Lipinski definition) is 3.